The van der Waals surface area contributed by atoms with Gasteiger partial charge in [0.25, 0.3) is 5.91 Å². The molecule has 5 rings (SSSR count). The van der Waals surface area contributed by atoms with Crippen molar-refractivity contribution in [3.8, 4) is 11.4 Å². The van der Waals surface area contributed by atoms with Crippen molar-refractivity contribution in [3.05, 3.63) is 87.4 Å². The number of rotatable bonds is 7. The largest absolute Gasteiger partial charge is 0.495 e. The van der Waals surface area contributed by atoms with Crippen molar-refractivity contribution < 1.29 is 9.53 Å². The van der Waals surface area contributed by atoms with E-state index in [2.05, 4.69) is 55.8 Å². The van der Waals surface area contributed by atoms with E-state index in [-0.39, 0.29) is 5.11 Å². The molecular weight excluding hydrogens is 598 g/mol. The summed E-state index contributed by atoms with van der Waals surface area (Å²) in [6, 6.07) is 21.2. The minimum absolute atomic E-state index is 0.0858. The number of carbonyl (C=O) groups excluding carboxylic acids is 1. The van der Waals surface area contributed by atoms with E-state index in [4.69, 9.17) is 28.6 Å². The summed E-state index contributed by atoms with van der Waals surface area (Å²) in [7, 11) is 1.52. The van der Waals surface area contributed by atoms with Gasteiger partial charge in [0.05, 0.1) is 33.5 Å². The molecule has 0 unspecified atom stereocenters. The number of aryl methyl sites for hydroxylation is 1. The number of nitrogens with zero attached hydrogens (tertiary/aromatic N) is 3. The summed E-state index contributed by atoms with van der Waals surface area (Å²) in [6.07, 6.45) is 3.37. The van der Waals surface area contributed by atoms with Crippen molar-refractivity contribution in [1.29, 1.82) is 0 Å². The van der Waals surface area contributed by atoms with Gasteiger partial charge in [-0.15, -0.1) is 10.2 Å². The lowest BCUT2D eigenvalue weighted by Gasteiger charge is -2.15. The molecule has 1 amide bonds. The number of aromatic nitrogens is 3. The molecule has 0 bridgehead atoms. The maximum atomic E-state index is 13.2. The van der Waals surface area contributed by atoms with Crippen molar-refractivity contribution in [2.75, 3.05) is 12.4 Å². The number of hydrogen-bond donors (Lipinski definition) is 2. The van der Waals surface area contributed by atoms with Gasteiger partial charge in [-0.3, -0.25) is 10.1 Å². The highest BCUT2D eigenvalue weighted by molar-refractivity contribution is 9.10. The van der Waals surface area contributed by atoms with Gasteiger partial charge in [-0.1, -0.05) is 61.3 Å². The second-order valence-corrected chi connectivity index (χ2v) is 10.6. The van der Waals surface area contributed by atoms with Crippen molar-refractivity contribution >= 4 is 78.3 Å². The van der Waals surface area contributed by atoms with Crippen molar-refractivity contribution in [2.24, 2.45) is 0 Å². The van der Waals surface area contributed by atoms with Crippen LogP contribution in [0.5, 0.6) is 5.75 Å². The number of ether oxygens (including phenoxy) is 1. The van der Waals surface area contributed by atoms with Gasteiger partial charge in [-0.2, -0.15) is 4.80 Å². The SMILES string of the molecule is CCCCc1ccc(-n2nc3cc(Cl)c(NC(=S)NC(=O)c4cc5ccccc5c(Br)c4OC)cc3n2)cc1. The molecule has 0 aliphatic carbocycles. The third-order valence-electron chi connectivity index (χ3n) is 6.32. The van der Waals surface area contributed by atoms with Gasteiger partial charge in [0.15, 0.2) is 5.11 Å². The number of halogens is 2. The number of unbranched alkanes of at least 4 members (excludes halogenated alkanes) is 1. The van der Waals surface area contributed by atoms with Gasteiger partial charge < -0.3 is 10.1 Å². The first kappa shape index (κ1) is 27.1. The van der Waals surface area contributed by atoms with E-state index in [1.165, 1.54) is 12.7 Å². The molecular formula is C29H25BrClN5O2S. The Morgan fingerprint density at radius 1 is 1.08 bits per heavy atom. The lowest BCUT2D eigenvalue weighted by molar-refractivity contribution is 0.0975. The molecule has 198 valence electrons. The Morgan fingerprint density at radius 2 is 1.79 bits per heavy atom. The van der Waals surface area contributed by atoms with Crippen LogP contribution in [-0.4, -0.2) is 33.1 Å². The minimum Gasteiger partial charge on any atom is -0.495 e. The average molecular weight is 623 g/mol. The number of benzene rings is 4. The fraction of sp³-hybridized carbons (Fsp3) is 0.172. The number of nitrogens with one attached hydrogen (secondary N) is 2. The Bertz CT molecular complexity index is 1700. The predicted octanol–water partition coefficient (Wildman–Crippen LogP) is 7.47. The highest BCUT2D eigenvalue weighted by Gasteiger charge is 2.19. The topological polar surface area (TPSA) is 81.1 Å². The molecule has 0 fully saturated rings. The van der Waals surface area contributed by atoms with Crippen molar-refractivity contribution in [2.45, 2.75) is 26.2 Å². The standard InChI is InChI=1S/C29H25BrClN5O2S/c1-3-4-7-17-10-12-19(13-11-17)36-34-24-15-22(31)23(16-25(24)35-36)32-29(39)33-28(37)21-14-18-8-5-6-9-20(18)26(30)27(21)38-2/h5-6,8-16H,3-4,7H2,1-2H3,(H2,32,33,37,39). The van der Waals surface area contributed by atoms with Crippen molar-refractivity contribution in [1.82, 2.24) is 20.3 Å². The van der Waals surface area contributed by atoms with Crippen LogP contribution in [-0.2, 0) is 6.42 Å². The maximum Gasteiger partial charge on any atom is 0.261 e. The van der Waals surface area contributed by atoms with Crippen LogP contribution in [0, 0.1) is 0 Å². The van der Waals surface area contributed by atoms with Crippen LogP contribution in [0.1, 0.15) is 35.7 Å². The summed E-state index contributed by atoms with van der Waals surface area (Å²) in [5.41, 5.74) is 4.26. The summed E-state index contributed by atoms with van der Waals surface area (Å²) in [6.45, 7) is 2.18. The Balaban J connectivity index is 1.34. The first-order chi connectivity index (χ1) is 18.9. The summed E-state index contributed by atoms with van der Waals surface area (Å²) in [5.74, 6) is 0.00444. The van der Waals surface area contributed by atoms with E-state index in [0.29, 0.717) is 37.5 Å². The van der Waals surface area contributed by atoms with Crippen LogP contribution >= 0.6 is 39.7 Å². The first-order valence-electron chi connectivity index (χ1n) is 12.4. The third-order valence-corrected chi connectivity index (χ3v) is 7.62. The highest BCUT2D eigenvalue weighted by Crippen LogP contribution is 2.36. The second kappa shape index (κ2) is 11.7. The fourth-order valence-corrected chi connectivity index (χ4v) is 5.45. The maximum absolute atomic E-state index is 13.2. The van der Waals surface area contributed by atoms with Gasteiger partial charge >= 0.3 is 0 Å². The average Bonchev–Trinajstić information content (AvgIpc) is 3.34. The molecule has 0 aliphatic heterocycles. The molecule has 1 heterocycles. The summed E-state index contributed by atoms with van der Waals surface area (Å²) >= 11 is 15.5. The number of hydrogen-bond acceptors (Lipinski definition) is 5. The molecule has 1 aromatic heterocycles. The van der Waals surface area contributed by atoms with Crippen LogP contribution < -0.4 is 15.4 Å². The zero-order valence-electron chi connectivity index (χ0n) is 21.3. The van der Waals surface area contributed by atoms with Gasteiger partial charge in [0.2, 0.25) is 0 Å². The molecule has 4 aromatic carbocycles. The lowest BCUT2D eigenvalue weighted by Crippen LogP contribution is -2.34. The Kier molecular flexibility index (Phi) is 8.11. The van der Waals surface area contributed by atoms with Crippen molar-refractivity contribution in [3.63, 3.8) is 0 Å². The van der Waals surface area contributed by atoms with E-state index in [1.54, 1.807) is 23.0 Å². The molecule has 0 spiro atoms. The van der Waals surface area contributed by atoms with E-state index in [0.717, 1.165) is 35.7 Å². The Hall–Kier alpha value is -3.53. The smallest absolute Gasteiger partial charge is 0.261 e. The number of carbonyl (C=O) groups is 1. The van der Waals surface area contributed by atoms with Crippen LogP contribution in [0.3, 0.4) is 0 Å². The Morgan fingerprint density at radius 3 is 2.51 bits per heavy atom. The molecule has 0 atom stereocenters. The van der Waals surface area contributed by atoms with Crippen LogP contribution in [0.4, 0.5) is 5.69 Å². The molecule has 0 radical (unpaired) electrons. The lowest BCUT2D eigenvalue weighted by atomic mass is 10.1. The zero-order valence-corrected chi connectivity index (χ0v) is 24.5. The van der Waals surface area contributed by atoms with Crippen LogP contribution in [0.2, 0.25) is 5.02 Å². The molecule has 2 N–H and O–H groups in total. The predicted molar refractivity (Wildman–Crippen MR) is 164 cm³/mol. The molecule has 39 heavy (non-hydrogen) atoms. The molecule has 5 aromatic rings. The minimum atomic E-state index is -0.415. The van der Waals surface area contributed by atoms with E-state index < -0.39 is 5.91 Å². The van der Waals surface area contributed by atoms with E-state index >= 15 is 0 Å². The summed E-state index contributed by atoms with van der Waals surface area (Å²) in [5, 5.41) is 17.2. The van der Waals surface area contributed by atoms with Gasteiger partial charge in [0, 0.05) is 0 Å². The number of thiocarbonyl (C=S) groups is 1. The zero-order chi connectivity index (χ0) is 27.5. The highest BCUT2D eigenvalue weighted by atomic mass is 79.9. The van der Waals surface area contributed by atoms with E-state index in [1.807, 2.05) is 36.4 Å². The van der Waals surface area contributed by atoms with Gasteiger partial charge in [0.1, 0.15) is 16.8 Å². The molecule has 7 nitrogen and oxygen atoms in total. The number of fused-ring (bicyclic) bond motifs is 2. The molecule has 10 heteroatoms. The first-order valence-corrected chi connectivity index (χ1v) is 14.0. The van der Waals surface area contributed by atoms with Crippen LogP contribution in [0.25, 0.3) is 27.5 Å². The van der Waals surface area contributed by atoms with E-state index in [9.17, 15) is 4.79 Å². The molecule has 0 saturated carbocycles. The monoisotopic (exact) mass is 621 g/mol. The second-order valence-electron chi connectivity index (χ2n) is 8.98. The van der Waals surface area contributed by atoms with Gasteiger partial charge in [-0.05, 0) is 87.7 Å². The molecule has 0 saturated heterocycles. The fourth-order valence-electron chi connectivity index (χ4n) is 4.30. The quantitative estimate of drug-likeness (QED) is 0.183. The third kappa shape index (κ3) is 5.75. The van der Waals surface area contributed by atoms with Crippen LogP contribution in [0.15, 0.2) is 71.2 Å². The Labute approximate surface area is 244 Å². The number of methoxy groups -OCH3 is 1. The number of anilines is 1. The molecule has 0 aliphatic rings. The number of amides is 1. The summed E-state index contributed by atoms with van der Waals surface area (Å²) in [4.78, 5) is 14.7. The summed E-state index contributed by atoms with van der Waals surface area (Å²) < 4.78 is 6.22. The normalized spacial score (nSPS) is 11.1. The van der Waals surface area contributed by atoms with Gasteiger partial charge in [-0.25, -0.2) is 0 Å².